The normalized spacial score (nSPS) is 12.0. The van der Waals surface area contributed by atoms with Gasteiger partial charge >= 0.3 is 0 Å². The molecule has 0 radical (unpaired) electrons. The lowest BCUT2D eigenvalue weighted by molar-refractivity contribution is -0.123. The lowest BCUT2D eigenvalue weighted by Gasteiger charge is -2.08. The van der Waals surface area contributed by atoms with Crippen LogP contribution in [0.15, 0.2) is 42.5 Å². The summed E-state index contributed by atoms with van der Waals surface area (Å²) in [6, 6.07) is 11.6. The first-order valence-electron chi connectivity index (χ1n) is 7.74. The van der Waals surface area contributed by atoms with Crippen LogP contribution >= 0.6 is 0 Å². The Kier molecular flexibility index (Phi) is 5.15. The van der Waals surface area contributed by atoms with E-state index in [9.17, 15) is 9.18 Å². The van der Waals surface area contributed by atoms with Crippen molar-refractivity contribution in [1.82, 2.24) is 5.32 Å². The van der Waals surface area contributed by atoms with E-state index in [0.717, 1.165) is 12.0 Å². The minimum Gasteiger partial charge on any atom is -0.484 e. The van der Waals surface area contributed by atoms with Crippen molar-refractivity contribution in [2.45, 2.75) is 12.8 Å². The van der Waals surface area contributed by atoms with Crippen LogP contribution in [0, 0.1) is 5.82 Å². The van der Waals surface area contributed by atoms with Crippen LogP contribution in [0.3, 0.4) is 0 Å². The summed E-state index contributed by atoms with van der Waals surface area (Å²) in [5.74, 6) is 1.39. The van der Waals surface area contributed by atoms with Crippen LogP contribution in [0.4, 0.5) is 4.39 Å². The molecule has 1 amide bonds. The SMILES string of the molecule is O=C(COc1ccc2c(c1)OCO2)NCCCc1cccc(F)c1. The second-order valence-corrected chi connectivity index (χ2v) is 5.39. The van der Waals surface area contributed by atoms with E-state index in [2.05, 4.69) is 5.32 Å². The molecule has 3 rings (SSSR count). The molecule has 2 aromatic rings. The number of aryl methyl sites for hydroxylation is 1. The Morgan fingerprint density at radius 1 is 1.17 bits per heavy atom. The van der Waals surface area contributed by atoms with Crippen LogP contribution in [-0.4, -0.2) is 25.9 Å². The van der Waals surface area contributed by atoms with Crippen molar-refractivity contribution in [2.75, 3.05) is 19.9 Å². The Labute approximate surface area is 139 Å². The minimum atomic E-state index is -0.242. The summed E-state index contributed by atoms with van der Waals surface area (Å²) < 4.78 is 28.9. The second kappa shape index (κ2) is 7.68. The lowest BCUT2D eigenvalue weighted by atomic mass is 10.1. The van der Waals surface area contributed by atoms with E-state index in [0.29, 0.717) is 30.2 Å². The molecule has 2 aromatic carbocycles. The third-order valence-corrected chi connectivity index (χ3v) is 3.57. The van der Waals surface area contributed by atoms with Gasteiger partial charge in [0.2, 0.25) is 6.79 Å². The number of hydrogen-bond donors (Lipinski definition) is 1. The maximum Gasteiger partial charge on any atom is 0.257 e. The number of hydrogen-bond acceptors (Lipinski definition) is 4. The van der Waals surface area contributed by atoms with E-state index in [1.807, 2.05) is 6.07 Å². The molecule has 126 valence electrons. The number of amides is 1. The van der Waals surface area contributed by atoms with Gasteiger partial charge in [-0.3, -0.25) is 4.79 Å². The van der Waals surface area contributed by atoms with Crippen LogP contribution < -0.4 is 19.5 Å². The molecule has 5 nitrogen and oxygen atoms in total. The van der Waals surface area contributed by atoms with Crippen molar-refractivity contribution in [3.63, 3.8) is 0 Å². The summed E-state index contributed by atoms with van der Waals surface area (Å²) in [7, 11) is 0. The first-order chi connectivity index (χ1) is 11.7. The van der Waals surface area contributed by atoms with Crippen LogP contribution in [-0.2, 0) is 11.2 Å². The number of fused-ring (bicyclic) bond motifs is 1. The summed E-state index contributed by atoms with van der Waals surface area (Å²) in [6.45, 7) is 0.643. The average Bonchev–Trinajstić information content (AvgIpc) is 3.05. The number of nitrogens with one attached hydrogen (secondary N) is 1. The van der Waals surface area contributed by atoms with E-state index in [4.69, 9.17) is 14.2 Å². The molecule has 0 bridgehead atoms. The van der Waals surface area contributed by atoms with E-state index in [1.165, 1.54) is 12.1 Å². The zero-order chi connectivity index (χ0) is 16.8. The molecule has 0 aromatic heterocycles. The van der Waals surface area contributed by atoms with Crippen molar-refractivity contribution in [2.24, 2.45) is 0 Å². The quantitative estimate of drug-likeness (QED) is 0.793. The summed E-state index contributed by atoms with van der Waals surface area (Å²) in [6.07, 6.45) is 1.44. The Morgan fingerprint density at radius 3 is 2.92 bits per heavy atom. The summed E-state index contributed by atoms with van der Waals surface area (Å²) in [5.41, 5.74) is 0.917. The topological polar surface area (TPSA) is 56.8 Å². The predicted octanol–water partition coefficient (Wildman–Crippen LogP) is 2.68. The molecule has 1 N–H and O–H groups in total. The molecule has 1 heterocycles. The number of rotatable bonds is 7. The minimum absolute atomic E-state index is 0.0698. The zero-order valence-electron chi connectivity index (χ0n) is 13.1. The van der Waals surface area contributed by atoms with Crippen molar-refractivity contribution in [3.05, 3.63) is 53.8 Å². The number of benzene rings is 2. The van der Waals surface area contributed by atoms with Crippen LogP contribution in [0.25, 0.3) is 0 Å². The molecule has 6 heteroatoms. The smallest absolute Gasteiger partial charge is 0.257 e. The van der Waals surface area contributed by atoms with Gasteiger partial charge in [0, 0.05) is 12.6 Å². The highest BCUT2D eigenvalue weighted by Crippen LogP contribution is 2.34. The van der Waals surface area contributed by atoms with Crippen LogP contribution in [0.2, 0.25) is 0 Å². The second-order valence-electron chi connectivity index (χ2n) is 5.39. The van der Waals surface area contributed by atoms with Gasteiger partial charge in [-0.25, -0.2) is 4.39 Å². The molecular formula is C18H18FNO4. The molecule has 0 fully saturated rings. The molecule has 0 unspecified atom stereocenters. The lowest BCUT2D eigenvalue weighted by Crippen LogP contribution is -2.29. The van der Waals surface area contributed by atoms with Crippen LogP contribution in [0.5, 0.6) is 17.2 Å². The molecule has 0 aliphatic carbocycles. The molecule has 0 saturated carbocycles. The molecule has 1 aliphatic heterocycles. The molecular weight excluding hydrogens is 313 g/mol. The van der Waals surface area contributed by atoms with Gasteiger partial charge in [0.15, 0.2) is 18.1 Å². The molecule has 24 heavy (non-hydrogen) atoms. The monoisotopic (exact) mass is 331 g/mol. The summed E-state index contributed by atoms with van der Waals surface area (Å²) >= 11 is 0. The highest BCUT2D eigenvalue weighted by Gasteiger charge is 2.14. The Morgan fingerprint density at radius 2 is 2.04 bits per heavy atom. The van der Waals surface area contributed by atoms with E-state index < -0.39 is 0 Å². The van der Waals surface area contributed by atoms with Gasteiger partial charge in [-0.2, -0.15) is 0 Å². The van der Waals surface area contributed by atoms with Gasteiger partial charge in [-0.15, -0.1) is 0 Å². The summed E-state index contributed by atoms with van der Waals surface area (Å²) in [4.78, 5) is 11.8. The first kappa shape index (κ1) is 16.1. The Bertz CT molecular complexity index is 720. The van der Waals surface area contributed by atoms with Gasteiger partial charge < -0.3 is 19.5 Å². The highest BCUT2D eigenvalue weighted by atomic mass is 19.1. The largest absolute Gasteiger partial charge is 0.484 e. The number of ether oxygens (including phenoxy) is 3. The molecule has 0 saturated heterocycles. The molecule has 1 aliphatic rings. The van der Waals surface area contributed by atoms with Gasteiger partial charge in [0.05, 0.1) is 0 Å². The van der Waals surface area contributed by atoms with Gasteiger partial charge in [-0.05, 0) is 42.7 Å². The fourth-order valence-corrected chi connectivity index (χ4v) is 2.38. The zero-order valence-corrected chi connectivity index (χ0v) is 13.1. The third kappa shape index (κ3) is 4.38. The van der Waals surface area contributed by atoms with Crippen LogP contribution in [0.1, 0.15) is 12.0 Å². The average molecular weight is 331 g/mol. The molecule has 0 spiro atoms. The highest BCUT2D eigenvalue weighted by molar-refractivity contribution is 5.77. The van der Waals surface area contributed by atoms with Crippen molar-refractivity contribution < 1.29 is 23.4 Å². The molecule has 0 atom stereocenters. The fraction of sp³-hybridized carbons (Fsp3) is 0.278. The van der Waals surface area contributed by atoms with E-state index >= 15 is 0 Å². The summed E-state index contributed by atoms with van der Waals surface area (Å²) in [5, 5.41) is 2.78. The van der Waals surface area contributed by atoms with E-state index in [1.54, 1.807) is 24.3 Å². The van der Waals surface area contributed by atoms with Crippen molar-refractivity contribution >= 4 is 5.91 Å². The van der Waals surface area contributed by atoms with Crippen molar-refractivity contribution in [1.29, 1.82) is 0 Å². The Hall–Kier alpha value is -2.76. The third-order valence-electron chi connectivity index (χ3n) is 3.57. The van der Waals surface area contributed by atoms with Gasteiger partial charge in [0.25, 0.3) is 5.91 Å². The van der Waals surface area contributed by atoms with Gasteiger partial charge in [-0.1, -0.05) is 12.1 Å². The standard InChI is InChI=1S/C18H18FNO4/c19-14-5-1-3-13(9-14)4-2-8-20-18(21)11-22-15-6-7-16-17(10-15)24-12-23-16/h1,3,5-7,9-10H,2,4,8,11-12H2,(H,20,21). The number of carbonyl (C=O) groups is 1. The fourth-order valence-electron chi connectivity index (χ4n) is 2.38. The van der Waals surface area contributed by atoms with Gasteiger partial charge in [0.1, 0.15) is 11.6 Å². The number of carbonyl (C=O) groups excluding carboxylic acids is 1. The maximum absolute atomic E-state index is 13.0. The number of halogens is 1. The first-order valence-corrected chi connectivity index (χ1v) is 7.74. The van der Waals surface area contributed by atoms with E-state index in [-0.39, 0.29) is 25.1 Å². The predicted molar refractivity (Wildman–Crippen MR) is 85.8 cm³/mol. The maximum atomic E-state index is 13.0. The Balaban J connectivity index is 1.35. The van der Waals surface area contributed by atoms with Crippen molar-refractivity contribution in [3.8, 4) is 17.2 Å².